The van der Waals surface area contributed by atoms with Crippen molar-refractivity contribution in [2.24, 2.45) is 0 Å². The van der Waals surface area contributed by atoms with Crippen molar-refractivity contribution in [3.05, 3.63) is 40.9 Å². The van der Waals surface area contributed by atoms with E-state index in [2.05, 4.69) is 18.8 Å². The van der Waals surface area contributed by atoms with Crippen LogP contribution in [0.3, 0.4) is 0 Å². The molecule has 1 amide bonds. The van der Waals surface area contributed by atoms with Gasteiger partial charge in [-0.3, -0.25) is 14.5 Å². The van der Waals surface area contributed by atoms with Gasteiger partial charge in [-0.05, 0) is 43.5 Å². The highest BCUT2D eigenvalue weighted by molar-refractivity contribution is 7.14. The summed E-state index contributed by atoms with van der Waals surface area (Å²) in [6.45, 7) is 5.67. The normalized spacial score (nSPS) is 11.8. The molecule has 0 unspecified atom stereocenters. The van der Waals surface area contributed by atoms with Crippen molar-refractivity contribution >= 4 is 28.2 Å². The number of likely N-dealkylation sites (N-methyl/N-ethyl adjacent to an activating group) is 1. The largest absolute Gasteiger partial charge is 0.484 e. The Bertz CT molecular complexity index is 709. The second-order valence-electron chi connectivity index (χ2n) is 5.69. The van der Waals surface area contributed by atoms with E-state index in [4.69, 9.17) is 4.74 Å². The Balaban J connectivity index is 1.94. The molecule has 0 aliphatic carbocycles. The van der Waals surface area contributed by atoms with E-state index in [1.807, 2.05) is 5.38 Å². The fourth-order valence-corrected chi connectivity index (χ4v) is 2.93. The van der Waals surface area contributed by atoms with Gasteiger partial charge in [0.1, 0.15) is 5.75 Å². The second kappa shape index (κ2) is 8.06. The summed E-state index contributed by atoms with van der Waals surface area (Å²) in [5.74, 6) is 0.768. The number of thiazole rings is 1. The summed E-state index contributed by atoms with van der Waals surface area (Å²) in [4.78, 5) is 29.5. The summed E-state index contributed by atoms with van der Waals surface area (Å²) in [6.07, 6.45) is 1.01. The van der Waals surface area contributed by atoms with Crippen molar-refractivity contribution in [3.8, 4) is 5.75 Å². The maximum atomic E-state index is 12.3. The topological polar surface area (TPSA) is 59.5 Å². The molecule has 0 aliphatic heterocycles. The standard InChI is InChI=1S/C18H22N2O3S/c1-5-12(2)16-11-24-18(19-16)20(4)17(22)10-23-15-8-6-14(7-9-15)13(3)21/h6-9,11-12H,5,10H2,1-4H3/t12-/m0/s1. The SMILES string of the molecule is CC[C@H](C)c1csc(N(C)C(=O)COc2ccc(C(C)=O)cc2)n1. The number of rotatable bonds is 7. The molecule has 0 aliphatic rings. The molecule has 2 aromatic rings. The van der Waals surface area contributed by atoms with Gasteiger partial charge in [0.15, 0.2) is 17.5 Å². The lowest BCUT2D eigenvalue weighted by Crippen LogP contribution is -2.31. The molecule has 0 bridgehead atoms. The van der Waals surface area contributed by atoms with Crippen LogP contribution in [0.1, 0.15) is 49.2 Å². The lowest BCUT2D eigenvalue weighted by molar-refractivity contribution is -0.120. The Hall–Kier alpha value is -2.21. The van der Waals surface area contributed by atoms with Crippen LogP contribution in [0.5, 0.6) is 5.75 Å². The first-order chi connectivity index (χ1) is 11.4. The minimum Gasteiger partial charge on any atom is -0.484 e. The molecule has 0 spiro atoms. The summed E-state index contributed by atoms with van der Waals surface area (Å²) < 4.78 is 5.49. The van der Waals surface area contributed by atoms with Crippen LogP contribution in [0.4, 0.5) is 5.13 Å². The van der Waals surface area contributed by atoms with Gasteiger partial charge in [0.25, 0.3) is 5.91 Å². The summed E-state index contributed by atoms with van der Waals surface area (Å²) in [6, 6.07) is 6.75. The van der Waals surface area contributed by atoms with Crippen LogP contribution >= 0.6 is 11.3 Å². The maximum absolute atomic E-state index is 12.3. The third-order valence-electron chi connectivity index (χ3n) is 3.91. The zero-order valence-electron chi connectivity index (χ0n) is 14.4. The van der Waals surface area contributed by atoms with Crippen LogP contribution < -0.4 is 9.64 Å². The minimum atomic E-state index is -0.171. The summed E-state index contributed by atoms with van der Waals surface area (Å²) in [5, 5.41) is 2.67. The number of Topliss-reactive ketones (excluding diaryl/α,β-unsaturated/α-hetero) is 1. The molecule has 0 fully saturated rings. The molecule has 24 heavy (non-hydrogen) atoms. The second-order valence-corrected chi connectivity index (χ2v) is 6.52. The molecule has 2 rings (SSSR count). The van der Waals surface area contributed by atoms with Crippen molar-refractivity contribution < 1.29 is 14.3 Å². The first-order valence-corrected chi connectivity index (χ1v) is 8.76. The number of nitrogens with zero attached hydrogens (tertiary/aromatic N) is 2. The summed E-state index contributed by atoms with van der Waals surface area (Å²) in [5.41, 5.74) is 1.63. The fourth-order valence-electron chi connectivity index (χ4n) is 2.00. The Labute approximate surface area is 146 Å². The molecular formula is C18H22N2O3S. The lowest BCUT2D eigenvalue weighted by atomic mass is 10.1. The van der Waals surface area contributed by atoms with Gasteiger partial charge >= 0.3 is 0 Å². The van der Waals surface area contributed by atoms with Crippen molar-refractivity contribution in [2.45, 2.75) is 33.1 Å². The van der Waals surface area contributed by atoms with E-state index in [1.54, 1.807) is 31.3 Å². The van der Waals surface area contributed by atoms with Gasteiger partial charge in [0.05, 0.1) is 5.69 Å². The van der Waals surface area contributed by atoms with Gasteiger partial charge in [-0.1, -0.05) is 13.8 Å². The lowest BCUT2D eigenvalue weighted by Gasteiger charge is -2.14. The van der Waals surface area contributed by atoms with Crippen LogP contribution in [0.25, 0.3) is 0 Å². The Morgan fingerprint density at radius 2 is 1.96 bits per heavy atom. The number of hydrogen-bond acceptors (Lipinski definition) is 5. The molecule has 1 atom stereocenters. The number of ether oxygens (including phenoxy) is 1. The molecule has 128 valence electrons. The number of carbonyl (C=O) groups excluding carboxylic acids is 2. The molecule has 5 nitrogen and oxygen atoms in total. The smallest absolute Gasteiger partial charge is 0.266 e. The summed E-state index contributed by atoms with van der Waals surface area (Å²) in [7, 11) is 1.70. The number of amides is 1. The number of carbonyl (C=O) groups is 2. The predicted octanol–water partition coefficient (Wildman–Crippen LogP) is 3.90. The number of aromatic nitrogens is 1. The number of benzene rings is 1. The molecule has 1 aromatic heterocycles. The Kier molecular flexibility index (Phi) is 6.09. The molecule has 0 saturated heterocycles. The minimum absolute atomic E-state index is 0.00163. The molecule has 1 heterocycles. The number of hydrogen-bond donors (Lipinski definition) is 0. The van der Waals surface area contributed by atoms with E-state index in [1.165, 1.54) is 23.2 Å². The van der Waals surface area contributed by atoms with E-state index < -0.39 is 0 Å². The number of anilines is 1. The zero-order valence-corrected chi connectivity index (χ0v) is 15.2. The molecule has 6 heteroatoms. The molecule has 0 N–H and O–H groups in total. The van der Waals surface area contributed by atoms with Gasteiger partial charge < -0.3 is 4.74 Å². The van der Waals surface area contributed by atoms with Crippen molar-refractivity contribution in [1.29, 1.82) is 0 Å². The third-order valence-corrected chi connectivity index (χ3v) is 4.85. The average Bonchev–Trinajstić information content (AvgIpc) is 3.08. The predicted molar refractivity (Wildman–Crippen MR) is 96.2 cm³/mol. The highest BCUT2D eigenvalue weighted by atomic mass is 32.1. The van der Waals surface area contributed by atoms with Crippen molar-refractivity contribution in [1.82, 2.24) is 4.98 Å². The van der Waals surface area contributed by atoms with Crippen LogP contribution in [-0.4, -0.2) is 30.3 Å². The van der Waals surface area contributed by atoms with E-state index in [0.717, 1.165) is 12.1 Å². The van der Waals surface area contributed by atoms with Crippen molar-refractivity contribution in [3.63, 3.8) is 0 Å². The molecular weight excluding hydrogens is 324 g/mol. The first-order valence-electron chi connectivity index (χ1n) is 7.88. The fraction of sp³-hybridized carbons (Fsp3) is 0.389. The van der Waals surface area contributed by atoms with Gasteiger partial charge in [-0.15, -0.1) is 11.3 Å². The van der Waals surface area contributed by atoms with Gasteiger partial charge in [0, 0.05) is 18.0 Å². The van der Waals surface area contributed by atoms with Gasteiger partial charge in [-0.2, -0.15) is 0 Å². The van der Waals surface area contributed by atoms with Crippen LogP contribution in [0.2, 0.25) is 0 Å². The van der Waals surface area contributed by atoms with Crippen LogP contribution in [0.15, 0.2) is 29.6 Å². The van der Waals surface area contributed by atoms with E-state index in [0.29, 0.717) is 22.4 Å². The molecule has 0 saturated carbocycles. The highest BCUT2D eigenvalue weighted by Gasteiger charge is 2.17. The van der Waals surface area contributed by atoms with E-state index >= 15 is 0 Å². The molecule has 1 aromatic carbocycles. The first kappa shape index (κ1) is 18.1. The average molecular weight is 346 g/mol. The molecule has 0 radical (unpaired) electrons. The third kappa shape index (κ3) is 4.41. The maximum Gasteiger partial charge on any atom is 0.266 e. The van der Waals surface area contributed by atoms with Crippen LogP contribution in [-0.2, 0) is 4.79 Å². The van der Waals surface area contributed by atoms with Crippen LogP contribution in [0, 0.1) is 0 Å². The monoisotopic (exact) mass is 346 g/mol. The quantitative estimate of drug-likeness (QED) is 0.713. The Morgan fingerprint density at radius 1 is 1.29 bits per heavy atom. The van der Waals surface area contributed by atoms with Gasteiger partial charge in [-0.25, -0.2) is 4.98 Å². The Morgan fingerprint density at radius 3 is 2.54 bits per heavy atom. The van der Waals surface area contributed by atoms with E-state index in [9.17, 15) is 9.59 Å². The summed E-state index contributed by atoms with van der Waals surface area (Å²) >= 11 is 1.46. The van der Waals surface area contributed by atoms with Crippen molar-refractivity contribution in [2.75, 3.05) is 18.6 Å². The van der Waals surface area contributed by atoms with E-state index in [-0.39, 0.29) is 18.3 Å². The highest BCUT2D eigenvalue weighted by Crippen LogP contribution is 2.26. The van der Waals surface area contributed by atoms with Gasteiger partial charge in [0.2, 0.25) is 0 Å². The number of ketones is 1. The zero-order chi connectivity index (χ0) is 17.7.